The Labute approximate surface area is 91.2 Å². The third-order valence-corrected chi connectivity index (χ3v) is 3.54. The van der Waals surface area contributed by atoms with Gasteiger partial charge in [-0.25, -0.2) is 13.1 Å². The van der Waals surface area contributed by atoms with Gasteiger partial charge in [-0.2, -0.15) is 0 Å². The quantitative estimate of drug-likeness (QED) is 0.712. The van der Waals surface area contributed by atoms with Crippen molar-refractivity contribution in [3.8, 4) is 0 Å². The van der Waals surface area contributed by atoms with Gasteiger partial charge in [0.1, 0.15) is 0 Å². The van der Waals surface area contributed by atoms with E-state index in [4.69, 9.17) is 9.47 Å². The Bertz CT molecular complexity index is 270. The van der Waals surface area contributed by atoms with Crippen LogP contribution in [0.3, 0.4) is 0 Å². The maximum atomic E-state index is 11.4. The van der Waals surface area contributed by atoms with Crippen molar-refractivity contribution in [1.82, 2.24) is 4.72 Å². The van der Waals surface area contributed by atoms with Gasteiger partial charge in [-0.15, -0.1) is 0 Å². The highest BCUT2D eigenvalue weighted by Crippen LogP contribution is 2.07. The van der Waals surface area contributed by atoms with Crippen molar-refractivity contribution in [1.29, 1.82) is 0 Å². The molecular formula is C9H19NO4S. The molecule has 0 aromatic carbocycles. The van der Waals surface area contributed by atoms with Crippen molar-refractivity contribution in [2.24, 2.45) is 0 Å². The molecule has 1 rings (SSSR count). The van der Waals surface area contributed by atoms with Crippen molar-refractivity contribution in [2.45, 2.75) is 32.4 Å². The van der Waals surface area contributed by atoms with Crippen LogP contribution in [0.1, 0.15) is 20.3 Å². The predicted molar refractivity (Wildman–Crippen MR) is 57.2 cm³/mol. The molecule has 1 saturated heterocycles. The fourth-order valence-corrected chi connectivity index (χ4v) is 2.54. The molecule has 0 saturated carbocycles. The lowest BCUT2D eigenvalue weighted by atomic mass is 10.3. The third kappa shape index (κ3) is 5.46. The van der Waals surface area contributed by atoms with Gasteiger partial charge < -0.3 is 9.47 Å². The van der Waals surface area contributed by atoms with E-state index in [0.717, 1.165) is 6.42 Å². The van der Waals surface area contributed by atoms with Gasteiger partial charge in [0.05, 0.1) is 25.1 Å². The molecule has 0 amide bonds. The molecular weight excluding hydrogens is 218 g/mol. The Kier molecular flexibility index (Phi) is 4.98. The van der Waals surface area contributed by atoms with Crippen molar-refractivity contribution >= 4 is 10.0 Å². The highest BCUT2D eigenvalue weighted by Gasteiger charge is 2.18. The standard InChI is InChI=1S/C9H19NO4S/c1-8(2)10-15(11,12)6-5-14-9-3-4-13-7-9/h8-10H,3-7H2,1-2H3. The van der Waals surface area contributed by atoms with E-state index in [1.807, 2.05) is 0 Å². The molecule has 15 heavy (non-hydrogen) atoms. The summed E-state index contributed by atoms with van der Waals surface area (Å²) in [4.78, 5) is 0. The summed E-state index contributed by atoms with van der Waals surface area (Å²) in [5, 5.41) is 0. The Morgan fingerprint density at radius 1 is 1.53 bits per heavy atom. The number of hydrogen-bond acceptors (Lipinski definition) is 4. The number of rotatable bonds is 6. The van der Waals surface area contributed by atoms with Crippen LogP contribution in [0.4, 0.5) is 0 Å². The third-order valence-electron chi connectivity index (χ3n) is 2.01. The summed E-state index contributed by atoms with van der Waals surface area (Å²) in [5.74, 6) is 0.0156. The first-order valence-corrected chi connectivity index (χ1v) is 6.84. The van der Waals surface area contributed by atoms with Gasteiger partial charge in [0.25, 0.3) is 0 Å². The summed E-state index contributed by atoms with van der Waals surface area (Å²) in [6.45, 7) is 5.11. The molecule has 1 N–H and O–H groups in total. The van der Waals surface area contributed by atoms with Gasteiger partial charge in [0.2, 0.25) is 10.0 Å². The van der Waals surface area contributed by atoms with Crippen LogP contribution in [-0.4, -0.2) is 46.1 Å². The zero-order valence-electron chi connectivity index (χ0n) is 9.23. The molecule has 1 heterocycles. The molecule has 0 aliphatic carbocycles. The second kappa shape index (κ2) is 5.79. The van der Waals surface area contributed by atoms with E-state index in [9.17, 15) is 8.42 Å². The van der Waals surface area contributed by atoms with Gasteiger partial charge in [-0.05, 0) is 20.3 Å². The minimum atomic E-state index is -3.19. The predicted octanol–water partition coefficient (Wildman–Crippen LogP) is 0.120. The summed E-state index contributed by atoms with van der Waals surface area (Å²) < 4.78 is 35.8. The van der Waals surface area contributed by atoms with Crippen molar-refractivity contribution in [2.75, 3.05) is 25.6 Å². The smallest absolute Gasteiger partial charge is 0.214 e. The maximum Gasteiger partial charge on any atom is 0.214 e. The van der Waals surface area contributed by atoms with Gasteiger partial charge in [0.15, 0.2) is 0 Å². The molecule has 0 aromatic rings. The van der Waals surface area contributed by atoms with E-state index in [-0.39, 0.29) is 24.5 Å². The van der Waals surface area contributed by atoms with Gasteiger partial charge >= 0.3 is 0 Å². The molecule has 1 aliphatic rings. The zero-order chi connectivity index (χ0) is 11.3. The Balaban J connectivity index is 2.18. The lowest BCUT2D eigenvalue weighted by molar-refractivity contribution is 0.0519. The zero-order valence-corrected chi connectivity index (χ0v) is 10.0. The topological polar surface area (TPSA) is 64.6 Å². The van der Waals surface area contributed by atoms with Crippen LogP contribution in [0.5, 0.6) is 0 Å². The molecule has 1 aliphatic heterocycles. The second-order valence-corrected chi connectivity index (χ2v) is 5.82. The van der Waals surface area contributed by atoms with E-state index in [2.05, 4.69) is 4.72 Å². The summed E-state index contributed by atoms with van der Waals surface area (Å²) in [6.07, 6.45) is 0.928. The number of sulfonamides is 1. The van der Waals surface area contributed by atoms with Crippen LogP contribution < -0.4 is 4.72 Å². The molecule has 1 unspecified atom stereocenters. The monoisotopic (exact) mass is 237 g/mol. The molecule has 1 atom stereocenters. The SMILES string of the molecule is CC(C)NS(=O)(=O)CCOC1CCOC1. The molecule has 6 heteroatoms. The minimum absolute atomic E-state index is 0.0156. The number of ether oxygens (including phenoxy) is 2. The average molecular weight is 237 g/mol. The van der Waals surface area contributed by atoms with Crippen LogP contribution in [0, 0.1) is 0 Å². The molecule has 0 aromatic heterocycles. The summed E-state index contributed by atoms with van der Waals surface area (Å²) >= 11 is 0. The van der Waals surface area contributed by atoms with Gasteiger partial charge in [-0.1, -0.05) is 0 Å². The normalized spacial score (nSPS) is 22.5. The molecule has 0 spiro atoms. The Morgan fingerprint density at radius 2 is 2.27 bits per heavy atom. The first-order valence-electron chi connectivity index (χ1n) is 5.19. The van der Waals surface area contributed by atoms with Gasteiger partial charge in [0, 0.05) is 12.6 Å². The lowest BCUT2D eigenvalue weighted by Gasteiger charge is -2.12. The van der Waals surface area contributed by atoms with Crippen LogP contribution in [0.25, 0.3) is 0 Å². The summed E-state index contributed by atoms with van der Waals surface area (Å²) in [5.41, 5.74) is 0. The molecule has 0 radical (unpaired) electrons. The fraction of sp³-hybridized carbons (Fsp3) is 1.00. The van der Waals surface area contributed by atoms with Crippen LogP contribution in [-0.2, 0) is 19.5 Å². The molecule has 0 bridgehead atoms. The molecule has 5 nitrogen and oxygen atoms in total. The fourth-order valence-electron chi connectivity index (χ4n) is 1.39. The first-order chi connectivity index (χ1) is 6.99. The lowest BCUT2D eigenvalue weighted by Crippen LogP contribution is -2.34. The van der Waals surface area contributed by atoms with Crippen LogP contribution in [0.2, 0.25) is 0 Å². The van der Waals surface area contributed by atoms with E-state index in [1.165, 1.54) is 0 Å². The number of nitrogens with one attached hydrogen (secondary N) is 1. The van der Waals surface area contributed by atoms with Crippen LogP contribution >= 0.6 is 0 Å². The Morgan fingerprint density at radius 3 is 2.80 bits per heavy atom. The van der Waals surface area contributed by atoms with Crippen molar-refractivity contribution < 1.29 is 17.9 Å². The first kappa shape index (κ1) is 12.9. The highest BCUT2D eigenvalue weighted by atomic mass is 32.2. The van der Waals surface area contributed by atoms with Crippen molar-refractivity contribution in [3.05, 3.63) is 0 Å². The van der Waals surface area contributed by atoms with Crippen LogP contribution in [0.15, 0.2) is 0 Å². The van der Waals surface area contributed by atoms with E-state index in [0.29, 0.717) is 13.2 Å². The highest BCUT2D eigenvalue weighted by molar-refractivity contribution is 7.89. The van der Waals surface area contributed by atoms with E-state index >= 15 is 0 Å². The summed E-state index contributed by atoms with van der Waals surface area (Å²) in [7, 11) is -3.19. The van der Waals surface area contributed by atoms with E-state index in [1.54, 1.807) is 13.8 Å². The average Bonchev–Trinajstić information content (AvgIpc) is 2.53. The maximum absolute atomic E-state index is 11.4. The summed E-state index contributed by atoms with van der Waals surface area (Å²) in [6, 6.07) is -0.0650. The minimum Gasteiger partial charge on any atom is -0.379 e. The largest absolute Gasteiger partial charge is 0.379 e. The Hall–Kier alpha value is -0.170. The van der Waals surface area contributed by atoms with Crippen molar-refractivity contribution in [3.63, 3.8) is 0 Å². The van der Waals surface area contributed by atoms with E-state index < -0.39 is 10.0 Å². The molecule has 90 valence electrons. The second-order valence-electron chi connectivity index (χ2n) is 3.95. The number of hydrogen-bond donors (Lipinski definition) is 1. The molecule has 1 fully saturated rings. The van der Waals surface area contributed by atoms with Gasteiger partial charge in [-0.3, -0.25) is 0 Å².